The highest BCUT2D eigenvalue weighted by Crippen LogP contribution is 2.36. The zero-order valence-corrected chi connectivity index (χ0v) is 13.3. The van der Waals surface area contributed by atoms with Crippen molar-refractivity contribution in [3.8, 4) is 0 Å². The topological polar surface area (TPSA) is 15.3 Å². The largest absolute Gasteiger partial charge is 0.313 e. The van der Waals surface area contributed by atoms with E-state index in [0.29, 0.717) is 6.04 Å². The number of nitrogens with one attached hydrogen (secondary N) is 1. The summed E-state index contributed by atoms with van der Waals surface area (Å²) in [6.45, 7) is 9.41. The maximum atomic E-state index is 3.68. The van der Waals surface area contributed by atoms with Gasteiger partial charge in [-0.15, -0.1) is 0 Å². The normalized spacial score (nSPS) is 27.5. The molecular weight excluding hydrogens is 232 g/mol. The Hall–Kier alpha value is -0.0800. The Bertz CT molecular complexity index is 246. The highest BCUT2D eigenvalue weighted by Gasteiger charge is 2.36. The van der Waals surface area contributed by atoms with Crippen molar-refractivity contribution in [1.29, 1.82) is 0 Å². The van der Waals surface area contributed by atoms with E-state index in [1.165, 1.54) is 64.5 Å². The van der Waals surface area contributed by atoms with Gasteiger partial charge in [-0.2, -0.15) is 0 Å². The Balaban J connectivity index is 1.93. The van der Waals surface area contributed by atoms with Crippen LogP contribution in [-0.2, 0) is 0 Å². The summed E-state index contributed by atoms with van der Waals surface area (Å²) < 4.78 is 0. The molecule has 0 amide bonds. The van der Waals surface area contributed by atoms with Crippen LogP contribution in [-0.4, -0.2) is 36.1 Å². The fraction of sp³-hybridized carbons (Fsp3) is 1.00. The van der Waals surface area contributed by atoms with Crippen molar-refractivity contribution in [2.24, 2.45) is 5.92 Å². The van der Waals surface area contributed by atoms with Crippen LogP contribution in [0.3, 0.4) is 0 Å². The number of hydrogen-bond acceptors (Lipinski definition) is 2. The van der Waals surface area contributed by atoms with Gasteiger partial charge in [-0.1, -0.05) is 40.0 Å². The number of likely N-dealkylation sites (tertiary alicyclic amines) is 1. The summed E-state index contributed by atoms with van der Waals surface area (Å²) in [7, 11) is 0. The molecule has 2 heteroatoms. The first kappa shape index (κ1) is 15.3. The van der Waals surface area contributed by atoms with Crippen LogP contribution in [0.5, 0.6) is 0 Å². The minimum Gasteiger partial charge on any atom is -0.313 e. The molecule has 2 unspecified atom stereocenters. The van der Waals surface area contributed by atoms with Crippen molar-refractivity contribution in [2.45, 2.75) is 90.3 Å². The average molecular weight is 266 g/mol. The molecule has 0 radical (unpaired) electrons. The lowest BCUT2D eigenvalue weighted by Crippen LogP contribution is -2.48. The van der Waals surface area contributed by atoms with Gasteiger partial charge in [-0.25, -0.2) is 0 Å². The second kappa shape index (κ2) is 7.64. The van der Waals surface area contributed by atoms with E-state index in [1.54, 1.807) is 0 Å². The molecule has 2 fully saturated rings. The lowest BCUT2D eigenvalue weighted by molar-refractivity contribution is 0.124. The average Bonchev–Trinajstić information content (AvgIpc) is 3.03. The number of nitrogens with zero attached hydrogens (tertiary/aromatic N) is 1. The van der Waals surface area contributed by atoms with Gasteiger partial charge in [0.25, 0.3) is 0 Å². The van der Waals surface area contributed by atoms with Gasteiger partial charge in [-0.05, 0) is 44.6 Å². The number of hydrogen-bond donors (Lipinski definition) is 1. The predicted octanol–water partition coefficient (Wildman–Crippen LogP) is 3.81. The fourth-order valence-corrected chi connectivity index (χ4v) is 4.21. The smallest absolute Gasteiger partial charge is 0.0223 e. The highest BCUT2D eigenvalue weighted by molar-refractivity contribution is 4.91. The second-order valence-electron chi connectivity index (χ2n) is 7.00. The molecule has 1 N–H and O–H groups in total. The van der Waals surface area contributed by atoms with Crippen molar-refractivity contribution in [2.75, 3.05) is 13.1 Å². The van der Waals surface area contributed by atoms with Crippen molar-refractivity contribution < 1.29 is 0 Å². The van der Waals surface area contributed by atoms with Crippen LogP contribution in [0.15, 0.2) is 0 Å². The molecule has 0 spiro atoms. The van der Waals surface area contributed by atoms with Gasteiger partial charge in [-0.3, -0.25) is 4.90 Å². The van der Waals surface area contributed by atoms with Gasteiger partial charge in [0.05, 0.1) is 0 Å². The van der Waals surface area contributed by atoms with Gasteiger partial charge < -0.3 is 5.32 Å². The molecule has 2 aliphatic rings. The van der Waals surface area contributed by atoms with E-state index in [4.69, 9.17) is 0 Å². The molecule has 2 atom stereocenters. The van der Waals surface area contributed by atoms with E-state index >= 15 is 0 Å². The molecule has 1 saturated heterocycles. The molecule has 0 bridgehead atoms. The van der Waals surface area contributed by atoms with Crippen LogP contribution in [0.1, 0.15) is 72.1 Å². The van der Waals surface area contributed by atoms with Gasteiger partial charge in [0, 0.05) is 24.7 Å². The van der Waals surface area contributed by atoms with E-state index in [-0.39, 0.29) is 0 Å². The maximum Gasteiger partial charge on any atom is 0.0223 e. The van der Waals surface area contributed by atoms with Crippen LogP contribution in [0.2, 0.25) is 0 Å². The Labute approximate surface area is 120 Å². The molecular formula is C17H34N2. The third-order valence-electron chi connectivity index (χ3n) is 5.14. The molecule has 0 aromatic rings. The first-order valence-corrected chi connectivity index (χ1v) is 8.71. The first-order chi connectivity index (χ1) is 9.22. The summed E-state index contributed by atoms with van der Waals surface area (Å²) in [5, 5.41) is 3.68. The van der Waals surface area contributed by atoms with Crippen LogP contribution < -0.4 is 5.32 Å². The van der Waals surface area contributed by atoms with Gasteiger partial charge >= 0.3 is 0 Å². The van der Waals surface area contributed by atoms with Crippen LogP contribution in [0, 0.1) is 5.92 Å². The SMILES string of the molecule is CCCC(CNC(C)C)N1CCCC1C1CCCC1. The first-order valence-electron chi connectivity index (χ1n) is 8.71. The molecule has 2 rings (SSSR count). The van der Waals surface area contributed by atoms with E-state index in [9.17, 15) is 0 Å². The molecule has 0 aromatic heterocycles. The Morgan fingerprint density at radius 2 is 1.84 bits per heavy atom. The van der Waals surface area contributed by atoms with Crippen LogP contribution in [0.25, 0.3) is 0 Å². The van der Waals surface area contributed by atoms with E-state index in [2.05, 4.69) is 31.0 Å². The summed E-state index contributed by atoms with van der Waals surface area (Å²) in [4.78, 5) is 2.88. The highest BCUT2D eigenvalue weighted by atomic mass is 15.2. The maximum absolute atomic E-state index is 3.68. The molecule has 2 nitrogen and oxygen atoms in total. The lowest BCUT2D eigenvalue weighted by Gasteiger charge is -2.36. The molecule has 1 heterocycles. The zero-order chi connectivity index (χ0) is 13.7. The second-order valence-corrected chi connectivity index (χ2v) is 7.00. The van der Waals surface area contributed by atoms with Crippen molar-refractivity contribution in [3.05, 3.63) is 0 Å². The monoisotopic (exact) mass is 266 g/mol. The standard InChI is InChI=1S/C17H34N2/c1-4-8-16(13-18-14(2)3)19-12-7-11-17(19)15-9-5-6-10-15/h14-18H,4-13H2,1-3H3. The quantitative estimate of drug-likeness (QED) is 0.754. The Kier molecular flexibility index (Phi) is 6.15. The summed E-state index contributed by atoms with van der Waals surface area (Å²) in [6, 6.07) is 2.31. The minimum absolute atomic E-state index is 0.617. The molecule has 1 saturated carbocycles. The minimum atomic E-state index is 0.617. The summed E-state index contributed by atoms with van der Waals surface area (Å²) >= 11 is 0. The zero-order valence-electron chi connectivity index (χ0n) is 13.3. The van der Waals surface area contributed by atoms with Gasteiger partial charge in [0.15, 0.2) is 0 Å². The van der Waals surface area contributed by atoms with E-state index in [1.807, 2.05) is 0 Å². The van der Waals surface area contributed by atoms with Crippen molar-refractivity contribution in [1.82, 2.24) is 10.2 Å². The fourth-order valence-electron chi connectivity index (χ4n) is 4.21. The van der Waals surface area contributed by atoms with E-state index < -0.39 is 0 Å². The molecule has 0 aromatic carbocycles. The lowest BCUT2D eigenvalue weighted by atomic mass is 9.94. The van der Waals surface area contributed by atoms with Gasteiger partial charge in [0.2, 0.25) is 0 Å². The predicted molar refractivity (Wildman–Crippen MR) is 83.5 cm³/mol. The Morgan fingerprint density at radius 1 is 1.11 bits per heavy atom. The molecule has 19 heavy (non-hydrogen) atoms. The summed E-state index contributed by atoms with van der Waals surface area (Å²) in [5.41, 5.74) is 0. The van der Waals surface area contributed by atoms with Crippen LogP contribution >= 0.6 is 0 Å². The molecule has 1 aliphatic carbocycles. The third-order valence-corrected chi connectivity index (χ3v) is 5.14. The van der Waals surface area contributed by atoms with E-state index in [0.717, 1.165) is 18.0 Å². The molecule has 1 aliphatic heterocycles. The van der Waals surface area contributed by atoms with Crippen molar-refractivity contribution >= 4 is 0 Å². The van der Waals surface area contributed by atoms with Gasteiger partial charge in [0.1, 0.15) is 0 Å². The molecule has 112 valence electrons. The van der Waals surface area contributed by atoms with Crippen LogP contribution in [0.4, 0.5) is 0 Å². The summed E-state index contributed by atoms with van der Waals surface area (Å²) in [5.74, 6) is 1.01. The van der Waals surface area contributed by atoms with Crippen molar-refractivity contribution in [3.63, 3.8) is 0 Å². The number of rotatable bonds is 7. The Morgan fingerprint density at radius 3 is 2.47 bits per heavy atom. The summed E-state index contributed by atoms with van der Waals surface area (Å²) in [6.07, 6.45) is 11.5. The third kappa shape index (κ3) is 4.19.